The van der Waals surface area contributed by atoms with Crippen LogP contribution in [0.1, 0.15) is 55.6 Å². The SMILES string of the molecule is CC[C@H]1C2Cc3ccc(C)cc3[C@@]1(CC)CCN2Cc1ccco1. The van der Waals surface area contributed by atoms with Gasteiger partial charge in [-0.05, 0) is 61.9 Å². The van der Waals surface area contributed by atoms with Crippen molar-refractivity contribution in [3.8, 4) is 0 Å². The van der Waals surface area contributed by atoms with Gasteiger partial charge in [0, 0.05) is 11.5 Å². The second-order valence-corrected chi connectivity index (χ2v) is 7.76. The summed E-state index contributed by atoms with van der Waals surface area (Å²) in [6.07, 6.45) is 6.78. The fourth-order valence-corrected chi connectivity index (χ4v) is 5.57. The Morgan fingerprint density at radius 2 is 2.12 bits per heavy atom. The predicted molar refractivity (Wildman–Crippen MR) is 98.2 cm³/mol. The lowest BCUT2D eigenvalue weighted by molar-refractivity contribution is 0.000879. The second-order valence-electron chi connectivity index (χ2n) is 7.76. The molecule has 1 aromatic carbocycles. The molecule has 128 valence electrons. The van der Waals surface area contributed by atoms with Crippen molar-refractivity contribution < 1.29 is 4.42 Å². The minimum absolute atomic E-state index is 0.374. The lowest BCUT2D eigenvalue weighted by Crippen LogP contribution is -2.59. The van der Waals surface area contributed by atoms with Crippen molar-refractivity contribution in [2.75, 3.05) is 6.54 Å². The Balaban J connectivity index is 1.74. The summed E-state index contributed by atoms with van der Waals surface area (Å²) in [5, 5.41) is 0. The molecular weight excluding hydrogens is 294 g/mol. The zero-order chi connectivity index (χ0) is 16.7. The number of piperidine rings is 1. The third-order valence-corrected chi connectivity index (χ3v) is 6.73. The lowest BCUT2D eigenvalue weighted by atomic mass is 9.55. The highest BCUT2D eigenvalue weighted by atomic mass is 16.3. The van der Waals surface area contributed by atoms with Crippen LogP contribution in [0.2, 0.25) is 0 Å². The zero-order valence-electron chi connectivity index (χ0n) is 15.2. The van der Waals surface area contributed by atoms with Crippen molar-refractivity contribution >= 4 is 0 Å². The average Bonchev–Trinajstić information content (AvgIpc) is 3.10. The van der Waals surface area contributed by atoms with Crippen molar-refractivity contribution in [2.45, 2.75) is 64.5 Å². The molecule has 2 aliphatic rings. The van der Waals surface area contributed by atoms with Crippen LogP contribution < -0.4 is 0 Å². The summed E-state index contributed by atoms with van der Waals surface area (Å²) in [6.45, 7) is 9.17. The Bertz CT molecular complexity index is 705. The van der Waals surface area contributed by atoms with Crippen molar-refractivity contribution in [2.24, 2.45) is 5.92 Å². The summed E-state index contributed by atoms with van der Waals surface area (Å²) in [4.78, 5) is 2.68. The highest BCUT2D eigenvalue weighted by molar-refractivity contribution is 5.43. The molecule has 2 aromatic rings. The maximum atomic E-state index is 5.64. The van der Waals surface area contributed by atoms with E-state index in [0.717, 1.165) is 18.2 Å². The Hall–Kier alpha value is -1.54. The van der Waals surface area contributed by atoms with E-state index in [1.54, 1.807) is 17.4 Å². The molecule has 3 atom stereocenters. The first-order valence-electron chi connectivity index (χ1n) is 9.54. The molecule has 0 radical (unpaired) electrons. The molecule has 1 aliphatic carbocycles. The van der Waals surface area contributed by atoms with Gasteiger partial charge in [-0.15, -0.1) is 0 Å². The van der Waals surface area contributed by atoms with Gasteiger partial charge in [-0.2, -0.15) is 0 Å². The van der Waals surface area contributed by atoms with Crippen LogP contribution in [0.5, 0.6) is 0 Å². The summed E-state index contributed by atoms with van der Waals surface area (Å²) in [5.41, 5.74) is 5.03. The van der Waals surface area contributed by atoms with Crippen LogP contribution in [0.3, 0.4) is 0 Å². The van der Waals surface area contributed by atoms with Crippen LogP contribution in [0.4, 0.5) is 0 Å². The van der Waals surface area contributed by atoms with Gasteiger partial charge in [-0.3, -0.25) is 4.90 Å². The lowest BCUT2D eigenvalue weighted by Gasteiger charge is -2.57. The van der Waals surface area contributed by atoms with Crippen LogP contribution in [0, 0.1) is 12.8 Å². The van der Waals surface area contributed by atoms with Gasteiger partial charge in [-0.25, -0.2) is 0 Å². The van der Waals surface area contributed by atoms with E-state index in [0.29, 0.717) is 11.5 Å². The highest BCUT2D eigenvalue weighted by Gasteiger charge is 2.51. The van der Waals surface area contributed by atoms with E-state index in [1.165, 1.54) is 37.8 Å². The van der Waals surface area contributed by atoms with Gasteiger partial charge in [0.25, 0.3) is 0 Å². The molecule has 0 spiro atoms. The van der Waals surface area contributed by atoms with Gasteiger partial charge in [-0.1, -0.05) is 44.0 Å². The van der Waals surface area contributed by atoms with Crippen molar-refractivity contribution in [1.82, 2.24) is 4.90 Å². The molecule has 4 rings (SSSR count). The maximum absolute atomic E-state index is 5.64. The summed E-state index contributed by atoms with van der Waals surface area (Å²) in [7, 11) is 0. The first kappa shape index (κ1) is 16.0. The number of furan rings is 1. The van der Waals surface area contributed by atoms with Gasteiger partial charge in [0.1, 0.15) is 5.76 Å². The monoisotopic (exact) mass is 323 g/mol. The summed E-state index contributed by atoms with van der Waals surface area (Å²) >= 11 is 0. The third-order valence-electron chi connectivity index (χ3n) is 6.73. The molecule has 2 bridgehead atoms. The molecule has 1 aromatic heterocycles. The van der Waals surface area contributed by atoms with Gasteiger partial charge < -0.3 is 4.42 Å². The van der Waals surface area contributed by atoms with Gasteiger partial charge in [0.15, 0.2) is 0 Å². The Morgan fingerprint density at radius 3 is 2.83 bits per heavy atom. The standard InChI is InChI=1S/C22H29NO/c1-4-19-21-14-17-9-8-16(3)13-20(17)22(19,5-2)10-11-23(21)15-18-7-6-12-24-18/h6-9,12-13,19,21H,4-5,10-11,14-15H2,1-3H3/t19-,21?,22-/m0/s1. The third kappa shape index (κ3) is 2.35. The number of likely N-dealkylation sites (tertiary alicyclic amines) is 1. The van der Waals surface area contributed by atoms with Crippen molar-refractivity contribution in [3.05, 3.63) is 59.0 Å². The molecule has 24 heavy (non-hydrogen) atoms. The Kier molecular flexibility index (Phi) is 4.04. The number of rotatable bonds is 4. The number of hydrogen-bond donors (Lipinski definition) is 0. The highest BCUT2D eigenvalue weighted by Crippen LogP contribution is 2.52. The molecule has 0 saturated carbocycles. The van der Waals surface area contributed by atoms with E-state index in [1.807, 2.05) is 6.07 Å². The minimum Gasteiger partial charge on any atom is -0.468 e. The minimum atomic E-state index is 0.374. The zero-order valence-corrected chi connectivity index (χ0v) is 15.2. The van der Waals surface area contributed by atoms with E-state index < -0.39 is 0 Å². The van der Waals surface area contributed by atoms with Crippen LogP contribution >= 0.6 is 0 Å². The topological polar surface area (TPSA) is 16.4 Å². The fourth-order valence-electron chi connectivity index (χ4n) is 5.57. The number of fused-ring (bicyclic) bond motifs is 4. The Morgan fingerprint density at radius 1 is 1.25 bits per heavy atom. The van der Waals surface area contributed by atoms with Crippen LogP contribution in [0.15, 0.2) is 41.0 Å². The van der Waals surface area contributed by atoms with E-state index in [-0.39, 0.29) is 0 Å². The molecular formula is C22H29NO. The maximum Gasteiger partial charge on any atom is 0.117 e. The van der Waals surface area contributed by atoms with E-state index in [2.05, 4.69) is 49.9 Å². The van der Waals surface area contributed by atoms with Crippen LogP contribution in [-0.4, -0.2) is 17.5 Å². The summed E-state index contributed by atoms with van der Waals surface area (Å²) in [5.74, 6) is 1.85. The smallest absolute Gasteiger partial charge is 0.117 e. The fraction of sp³-hybridized carbons (Fsp3) is 0.545. The first-order valence-corrected chi connectivity index (χ1v) is 9.54. The molecule has 1 unspecified atom stereocenters. The number of hydrogen-bond acceptors (Lipinski definition) is 2. The predicted octanol–water partition coefficient (Wildman–Crippen LogP) is 5.09. The average molecular weight is 323 g/mol. The second kappa shape index (κ2) is 6.07. The van der Waals surface area contributed by atoms with Gasteiger partial charge in [0.05, 0.1) is 12.8 Å². The molecule has 1 saturated heterocycles. The van der Waals surface area contributed by atoms with Crippen LogP contribution in [-0.2, 0) is 18.4 Å². The molecule has 0 amide bonds. The van der Waals surface area contributed by atoms with Crippen LogP contribution in [0.25, 0.3) is 0 Å². The summed E-state index contributed by atoms with van der Waals surface area (Å²) < 4.78 is 5.64. The molecule has 2 heterocycles. The number of nitrogens with zero attached hydrogens (tertiary/aromatic N) is 1. The normalized spacial score (nSPS) is 29.5. The van der Waals surface area contributed by atoms with E-state index in [9.17, 15) is 0 Å². The van der Waals surface area contributed by atoms with Crippen molar-refractivity contribution in [1.29, 1.82) is 0 Å². The molecule has 2 nitrogen and oxygen atoms in total. The van der Waals surface area contributed by atoms with Gasteiger partial charge in [0.2, 0.25) is 0 Å². The number of aryl methyl sites for hydroxylation is 1. The molecule has 1 aliphatic heterocycles. The summed E-state index contributed by atoms with van der Waals surface area (Å²) in [6, 6.07) is 11.9. The first-order chi connectivity index (χ1) is 11.7. The van der Waals surface area contributed by atoms with Crippen molar-refractivity contribution in [3.63, 3.8) is 0 Å². The molecule has 2 heteroatoms. The molecule has 1 fully saturated rings. The largest absolute Gasteiger partial charge is 0.468 e. The van der Waals surface area contributed by atoms with Gasteiger partial charge >= 0.3 is 0 Å². The Labute approximate surface area is 145 Å². The molecule has 0 N–H and O–H groups in total. The van der Waals surface area contributed by atoms with E-state index >= 15 is 0 Å². The van der Waals surface area contributed by atoms with E-state index in [4.69, 9.17) is 4.42 Å². The number of benzene rings is 1. The quantitative estimate of drug-likeness (QED) is 0.779.